The van der Waals surface area contributed by atoms with Crippen molar-refractivity contribution < 1.29 is 9.59 Å². The molecule has 1 aliphatic carbocycles. The Labute approximate surface area is 128 Å². The Kier molecular flexibility index (Phi) is 4.08. The van der Waals surface area contributed by atoms with Crippen LogP contribution in [0.25, 0.3) is 0 Å². The Hall–Kier alpha value is -1.65. The van der Waals surface area contributed by atoms with Gasteiger partial charge in [-0.05, 0) is 54.1 Å². The summed E-state index contributed by atoms with van der Waals surface area (Å²) in [6.07, 6.45) is 5.93. The van der Waals surface area contributed by atoms with Gasteiger partial charge < -0.3 is 5.32 Å². The summed E-state index contributed by atoms with van der Waals surface area (Å²) in [5.74, 6) is -0.672. The highest BCUT2D eigenvalue weighted by molar-refractivity contribution is 7.98. The molecule has 1 aliphatic heterocycles. The van der Waals surface area contributed by atoms with Crippen molar-refractivity contribution in [3.63, 3.8) is 0 Å². The molecule has 0 radical (unpaired) electrons. The number of rotatable bonds is 2. The van der Waals surface area contributed by atoms with Crippen molar-refractivity contribution in [2.45, 2.75) is 17.2 Å². The highest BCUT2D eigenvalue weighted by Crippen LogP contribution is 2.37. The fraction of sp³-hybridized carbons (Fsp3) is 0.294. The molecule has 1 fully saturated rings. The first-order valence-corrected chi connectivity index (χ1v) is 8.27. The number of nitrogens with one attached hydrogen (secondary N) is 1. The second-order valence-corrected chi connectivity index (χ2v) is 6.09. The van der Waals surface area contributed by atoms with Gasteiger partial charge >= 0.3 is 0 Å². The van der Waals surface area contributed by atoms with Crippen molar-refractivity contribution in [3.8, 4) is 0 Å². The summed E-state index contributed by atoms with van der Waals surface area (Å²) in [7, 11) is 0. The number of carbonyl (C=O) groups excluding carboxylic acids is 2. The lowest BCUT2D eigenvalue weighted by molar-refractivity contribution is -0.131. The molecule has 3 nitrogen and oxygen atoms in total. The van der Waals surface area contributed by atoms with E-state index in [1.54, 1.807) is 17.8 Å². The summed E-state index contributed by atoms with van der Waals surface area (Å²) in [6.45, 7) is 1.63. The van der Waals surface area contributed by atoms with E-state index in [1.165, 1.54) is 16.5 Å². The number of allylic oxidation sites excluding steroid dienone is 2. The van der Waals surface area contributed by atoms with Crippen LogP contribution in [0.4, 0.5) is 0 Å². The Morgan fingerprint density at radius 3 is 2.71 bits per heavy atom. The smallest absolute Gasteiger partial charge is 0.226 e. The minimum atomic E-state index is -0.401. The first-order chi connectivity index (χ1) is 10.2. The molecule has 21 heavy (non-hydrogen) atoms. The van der Waals surface area contributed by atoms with Crippen molar-refractivity contribution in [1.82, 2.24) is 5.32 Å². The van der Waals surface area contributed by atoms with Crippen LogP contribution in [0, 0.1) is 0 Å². The van der Waals surface area contributed by atoms with Gasteiger partial charge in [-0.25, -0.2) is 0 Å². The molecular weight excluding hydrogens is 282 g/mol. The Morgan fingerprint density at radius 1 is 1.14 bits per heavy atom. The summed E-state index contributed by atoms with van der Waals surface area (Å²) in [5, 5.41) is 3.42. The van der Waals surface area contributed by atoms with Crippen LogP contribution in [0.3, 0.4) is 0 Å². The summed E-state index contributed by atoms with van der Waals surface area (Å²) in [4.78, 5) is 24.6. The molecule has 0 amide bonds. The Balaban J connectivity index is 2.08. The molecule has 4 heteroatoms. The largest absolute Gasteiger partial charge is 0.315 e. The number of carbonyl (C=O) groups is 2. The second kappa shape index (κ2) is 6.00. The van der Waals surface area contributed by atoms with Crippen LogP contribution >= 0.6 is 11.8 Å². The molecule has 1 aromatic carbocycles. The predicted molar refractivity (Wildman–Crippen MR) is 84.6 cm³/mol. The van der Waals surface area contributed by atoms with Crippen molar-refractivity contribution >= 4 is 23.3 Å². The Morgan fingerprint density at radius 2 is 1.90 bits per heavy atom. The molecule has 1 N–H and O–H groups in total. The number of fused-ring (bicyclic) bond motifs is 1. The van der Waals surface area contributed by atoms with Gasteiger partial charge in [0.25, 0.3) is 0 Å². The van der Waals surface area contributed by atoms with E-state index in [2.05, 4.69) is 23.7 Å². The maximum absolute atomic E-state index is 11.8. The van der Waals surface area contributed by atoms with E-state index >= 15 is 0 Å². The van der Waals surface area contributed by atoms with E-state index in [0.717, 1.165) is 30.7 Å². The van der Waals surface area contributed by atoms with Crippen molar-refractivity contribution in [2.24, 2.45) is 0 Å². The molecule has 1 atom stereocenters. The number of hydrogen-bond donors (Lipinski definition) is 1. The summed E-state index contributed by atoms with van der Waals surface area (Å²) < 4.78 is 0. The topological polar surface area (TPSA) is 46.2 Å². The maximum Gasteiger partial charge on any atom is 0.226 e. The van der Waals surface area contributed by atoms with Crippen molar-refractivity contribution in [1.29, 1.82) is 0 Å². The van der Waals surface area contributed by atoms with E-state index in [-0.39, 0.29) is 5.92 Å². The zero-order chi connectivity index (χ0) is 14.8. The normalized spacial score (nSPS) is 22.2. The molecule has 0 aromatic heterocycles. The molecular formula is C17H17NO2S. The average Bonchev–Trinajstić information content (AvgIpc) is 2.70. The van der Waals surface area contributed by atoms with Crippen LogP contribution in [-0.2, 0) is 9.59 Å². The second-order valence-electron chi connectivity index (χ2n) is 5.25. The molecule has 1 unspecified atom stereocenters. The van der Waals surface area contributed by atoms with E-state index in [9.17, 15) is 9.59 Å². The van der Waals surface area contributed by atoms with E-state index in [4.69, 9.17) is 0 Å². The third-order valence-corrected chi connectivity index (χ3v) is 4.83. The Bertz CT molecular complexity index is 661. The predicted octanol–water partition coefficient (Wildman–Crippen LogP) is 2.49. The standard InChI is InChI=1S/C17H17NO2S/c1-21-17-5-3-2-4-12(17)14-10-18-7-6-11-8-15(19)16(20)9-13(11)14/h2-5,8-9,14,18H,6-7,10H2,1H3. The minimum Gasteiger partial charge on any atom is -0.315 e. The fourth-order valence-corrected chi connectivity index (χ4v) is 3.63. The number of benzene rings is 1. The van der Waals surface area contributed by atoms with Gasteiger partial charge in [-0.1, -0.05) is 18.2 Å². The summed E-state index contributed by atoms with van der Waals surface area (Å²) >= 11 is 1.71. The molecule has 1 heterocycles. The van der Waals surface area contributed by atoms with E-state index in [0.29, 0.717) is 0 Å². The average molecular weight is 299 g/mol. The molecule has 1 saturated heterocycles. The number of thioether (sulfide) groups is 1. The maximum atomic E-state index is 11.8. The highest BCUT2D eigenvalue weighted by Gasteiger charge is 2.29. The van der Waals surface area contributed by atoms with E-state index in [1.807, 2.05) is 12.1 Å². The van der Waals surface area contributed by atoms with Crippen LogP contribution in [0.15, 0.2) is 52.5 Å². The molecule has 1 aromatic rings. The van der Waals surface area contributed by atoms with Crippen LogP contribution in [0.1, 0.15) is 17.9 Å². The van der Waals surface area contributed by atoms with Crippen LogP contribution in [0.2, 0.25) is 0 Å². The lowest BCUT2D eigenvalue weighted by atomic mass is 9.82. The van der Waals surface area contributed by atoms with Gasteiger partial charge in [-0.3, -0.25) is 9.59 Å². The number of hydrogen-bond acceptors (Lipinski definition) is 4. The third kappa shape index (κ3) is 2.74. The van der Waals surface area contributed by atoms with Gasteiger partial charge in [0.05, 0.1) is 0 Å². The lowest BCUT2D eigenvalue weighted by Crippen LogP contribution is -2.22. The number of ketones is 2. The zero-order valence-electron chi connectivity index (χ0n) is 11.9. The fourth-order valence-electron chi connectivity index (χ4n) is 2.97. The molecule has 3 rings (SSSR count). The molecule has 0 spiro atoms. The SMILES string of the molecule is CSc1ccccc1C1CNCCC2=CC(=O)C(=O)C=C21. The van der Waals surface area contributed by atoms with Gasteiger partial charge in [-0.15, -0.1) is 11.8 Å². The van der Waals surface area contributed by atoms with Gasteiger partial charge in [0.2, 0.25) is 11.6 Å². The lowest BCUT2D eigenvalue weighted by Gasteiger charge is -2.23. The molecule has 108 valence electrons. The molecule has 0 bridgehead atoms. The molecule has 2 aliphatic rings. The van der Waals surface area contributed by atoms with Crippen molar-refractivity contribution in [2.75, 3.05) is 19.3 Å². The van der Waals surface area contributed by atoms with Crippen LogP contribution in [0.5, 0.6) is 0 Å². The van der Waals surface area contributed by atoms with E-state index < -0.39 is 11.6 Å². The van der Waals surface area contributed by atoms with Gasteiger partial charge in [0.1, 0.15) is 0 Å². The highest BCUT2D eigenvalue weighted by atomic mass is 32.2. The van der Waals surface area contributed by atoms with Gasteiger partial charge in [0.15, 0.2) is 0 Å². The van der Waals surface area contributed by atoms with Crippen LogP contribution in [-0.4, -0.2) is 30.9 Å². The summed E-state index contributed by atoms with van der Waals surface area (Å²) in [6, 6.07) is 8.27. The minimum absolute atomic E-state index is 0.124. The van der Waals surface area contributed by atoms with Gasteiger partial charge in [0, 0.05) is 17.4 Å². The van der Waals surface area contributed by atoms with Gasteiger partial charge in [-0.2, -0.15) is 0 Å². The monoisotopic (exact) mass is 299 g/mol. The van der Waals surface area contributed by atoms with Crippen LogP contribution < -0.4 is 5.32 Å². The quantitative estimate of drug-likeness (QED) is 0.518. The third-order valence-electron chi connectivity index (χ3n) is 4.01. The van der Waals surface area contributed by atoms with Crippen molar-refractivity contribution in [3.05, 3.63) is 53.1 Å². The zero-order valence-corrected chi connectivity index (χ0v) is 12.7. The first kappa shape index (κ1) is 14.3. The summed E-state index contributed by atoms with van der Waals surface area (Å²) in [5.41, 5.74) is 3.23. The first-order valence-electron chi connectivity index (χ1n) is 7.05. The molecule has 0 saturated carbocycles.